The van der Waals surface area contributed by atoms with E-state index < -0.39 is 5.82 Å². The van der Waals surface area contributed by atoms with Crippen molar-refractivity contribution in [2.24, 2.45) is 0 Å². The molecule has 1 aromatic carbocycles. The first-order chi connectivity index (χ1) is 11.0. The number of amides is 2. The second-order valence-corrected chi connectivity index (χ2v) is 5.73. The summed E-state index contributed by atoms with van der Waals surface area (Å²) in [5.74, 6) is -0.759. The molecule has 0 aliphatic carbocycles. The van der Waals surface area contributed by atoms with Crippen molar-refractivity contribution in [1.82, 2.24) is 9.88 Å². The second-order valence-electron chi connectivity index (χ2n) is 5.73. The van der Waals surface area contributed by atoms with Crippen LogP contribution in [-0.4, -0.2) is 22.9 Å². The first-order valence-corrected chi connectivity index (χ1v) is 7.36. The maximum absolute atomic E-state index is 13.5. The number of hydrogen-bond donors (Lipinski definition) is 2. The largest absolute Gasteiger partial charge is 0.352 e. The highest BCUT2D eigenvalue weighted by Crippen LogP contribution is 2.33. The Morgan fingerprint density at radius 2 is 2.09 bits per heavy atom. The number of halogens is 1. The van der Waals surface area contributed by atoms with Gasteiger partial charge in [-0.3, -0.25) is 9.59 Å². The molecule has 0 unspecified atom stereocenters. The molecule has 0 saturated carbocycles. The van der Waals surface area contributed by atoms with E-state index in [4.69, 9.17) is 0 Å². The lowest BCUT2D eigenvalue weighted by Gasteiger charge is -2.15. The molecule has 0 atom stereocenters. The number of carbonyl (C=O) groups excluding carboxylic acids is 2. The Morgan fingerprint density at radius 1 is 1.26 bits per heavy atom. The number of hydrogen-bond acceptors (Lipinski definition) is 2. The lowest BCUT2D eigenvalue weighted by molar-refractivity contribution is -0.110. The quantitative estimate of drug-likeness (QED) is 0.793. The molecule has 116 valence electrons. The van der Waals surface area contributed by atoms with Crippen LogP contribution in [0.2, 0.25) is 0 Å². The van der Waals surface area contributed by atoms with Gasteiger partial charge >= 0.3 is 0 Å². The van der Waals surface area contributed by atoms with Crippen molar-refractivity contribution in [3.8, 4) is 0 Å². The van der Waals surface area contributed by atoms with E-state index in [1.807, 2.05) is 13.1 Å². The highest BCUT2D eigenvalue weighted by Gasteiger charge is 2.27. The Morgan fingerprint density at radius 3 is 2.91 bits per heavy atom. The minimum absolute atomic E-state index is 0.0942. The molecule has 2 N–H and O–H groups in total. The summed E-state index contributed by atoms with van der Waals surface area (Å²) in [5.41, 5.74) is 3.91. The van der Waals surface area contributed by atoms with E-state index in [0.29, 0.717) is 35.4 Å². The molecule has 0 fully saturated rings. The van der Waals surface area contributed by atoms with Crippen LogP contribution in [0.4, 0.5) is 10.1 Å². The second kappa shape index (κ2) is 4.81. The van der Waals surface area contributed by atoms with Gasteiger partial charge in [-0.2, -0.15) is 0 Å². The highest BCUT2D eigenvalue weighted by atomic mass is 19.1. The number of carbonyl (C=O) groups is 2. The van der Waals surface area contributed by atoms with Crippen molar-refractivity contribution in [1.29, 1.82) is 0 Å². The van der Waals surface area contributed by atoms with Crippen LogP contribution in [0.5, 0.6) is 0 Å². The lowest BCUT2D eigenvalue weighted by Crippen LogP contribution is -2.32. The van der Waals surface area contributed by atoms with E-state index in [1.54, 1.807) is 16.8 Å². The fraction of sp³-hybridized carbons (Fsp3) is 0.176. The van der Waals surface area contributed by atoms with E-state index in [0.717, 1.165) is 11.3 Å². The molecule has 0 bridgehead atoms. The Balaban J connectivity index is 1.87. The zero-order valence-electron chi connectivity index (χ0n) is 12.4. The van der Waals surface area contributed by atoms with E-state index in [9.17, 15) is 14.0 Å². The predicted molar refractivity (Wildman–Crippen MR) is 84.4 cm³/mol. The average Bonchev–Trinajstić information content (AvgIpc) is 2.99. The van der Waals surface area contributed by atoms with Gasteiger partial charge in [0.05, 0.1) is 11.1 Å². The van der Waals surface area contributed by atoms with Gasteiger partial charge in [-0.1, -0.05) is 0 Å². The standard InChI is InChI=1S/C17H14FN3O2/c1-9-7-21(14-4-5-19-17(23)15(9)14)8-12-11-6-10(18)2-3-13(11)20-16(12)22/h2-3,6-8H,4-5H2,1H3,(H,19,23)(H,20,22)/b12-8-. The molecule has 2 amide bonds. The van der Waals surface area contributed by atoms with Crippen molar-refractivity contribution in [2.45, 2.75) is 13.3 Å². The predicted octanol–water partition coefficient (Wildman–Crippen LogP) is 2.17. The summed E-state index contributed by atoms with van der Waals surface area (Å²) in [6, 6.07) is 4.20. The topological polar surface area (TPSA) is 63.1 Å². The van der Waals surface area contributed by atoms with Crippen molar-refractivity contribution in [3.63, 3.8) is 0 Å². The number of nitrogens with one attached hydrogen (secondary N) is 2. The summed E-state index contributed by atoms with van der Waals surface area (Å²) in [7, 11) is 0. The minimum Gasteiger partial charge on any atom is -0.352 e. The average molecular weight is 311 g/mol. The number of rotatable bonds is 1. The summed E-state index contributed by atoms with van der Waals surface area (Å²) in [4.78, 5) is 24.2. The first kappa shape index (κ1) is 13.8. The number of fused-ring (bicyclic) bond motifs is 2. The molecular weight excluding hydrogens is 297 g/mol. The molecule has 5 nitrogen and oxygen atoms in total. The van der Waals surface area contributed by atoms with E-state index in [2.05, 4.69) is 10.6 Å². The number of nitrogens with zero attached hydrogens (tertiary/aromatic N) is 1. The number of benzene rings is 1. The maximum atomic E-state index is 13.5. The number of anilines is 1. The molecule has 0 radical (unpaired) electrons. The van der Waals surface area contributed by atoms with Crippen molar-refractivity contribution >= 4 is 29.3 Å². The van der Waals surface area contributed by atoms with Crippen LogP contribution in [0.15, 0.2) is 24.4 Å². The Bertz CT molecular complexity index is 895. The smallest absolute Gasteiger partial charge is 0.257 e. The van der Waals surface area contributed by atoms with Crippen molar-refractivity contribution in [2.75, 3.05) is 11.9 Å². The van der Waals surface area contributed by atoms with Gasteiger partial charge in [0, 0.05) is 42.3 Å². The monoisotopic (exact) mass is 311 g/mol. The van der Waals surface area contributed by atoms with E-state index in [-0.39, 0.29) is 11.8 Å². The summed E-state index contributed by atoms with van der Waals surface area (Å²) < 4.78 is 15.3. The van der Waals surface area contributed by atoms with E-state index in [1.165, 1.54) is 12.1 Å². The zero-order valence-corrected chi connectivity index (χ0v) is 12.4. The summed E-state index contributed by atoms with van der Waals surface area (Å²) >= 11 is 0. The summed E-state index contributed by atoms with van der Waals surface area (Å²) in [6.07, 6.45) is 4.19. The van der Waals surface area contributed by atoms with Gasteiger partial charge in [-0.25, -0.2) is 4.39 Å². The Labute approximate surface area is 131 Å². The molecule has 2 aromatic rings. The van der Waals surface area contributed by atoms with Gasteiger partial charge < -0.3 is 15.2 Å². The number of aromatic nitrogens is 1. The van der Waals surface area contributed by atoms with Gasteiger partial charge in [0.15, 0.2) is 0 Å². The number of aryl methyl sites for hydroxylation is 1. The highest BCUT2D eigenvalue weighted by molar-refractivity contribution is 6.34. The molecule has 23 heavy (non-hydrogen) atoms. The maximum Gasteiger partial charge on any atom is 0.257 e. The Hall–Kier alpha value is -2.89. The van der Waals surface area contributed by atoms with Gasteiger partial charge in [0.1, 0.15) is 5.82 Å². The van der Waals surface area contributed by atoms with Gasteiger partial charge in [0.25, 0.3) is 11.8 Å². The molecular formula is C17H14FN3O2. The van der Waals surface area contributed by atoms with E-state index >= 15 is 0 Å². The molecule has 1 aromatic heterocycles. The lowest BCUT2D eigenvalue weighted by atomic mass is 10.1. The van der Waals surface area contributed by atoms with Crippen molar-refractivity contribution in [3.05, 3.63) is 52.6 Å². The molecule has 4 rings (SSSR count). The summed E-state index contributed by atoms with van der Waals surface area (Å²) in [6.45, 7) is 2.43. The fourth-order valence-corrected chi connectivity index (χ4v) is 3.20. The molecule has 6 heteroatoms. The van der Waals surface area contributed by atoms with Crippen molar-refractivity contribution < 1.29 is 14.0 Å². The van der Waals surface area contributed by atoms with Crippen LogP contribution in [0, 0.1) is 12.7 Å². The van der Waals surface area contributed by atoms with Crippen LogP contribution in [0.1, 0.15) is 27.2 Å². The van der Waals surface area contributed by atoms with Crippen LogP contribution in [-0.2, 0) is 11.2 Å². The third-order valence-electron chi connectivity index (χ3n) is 4.23. The normalized spacial score (nSPS) is 17.7. The van der Waals surface area contributed by atoms with Gasteiger partial charge in [-0.05, 0) is 30.7 Å². The van der Waals surface area contributed by atoms with Gasteiger partial charge in [-0.15, -0.1) is 0 Å². The van der Waals surface area contributed by atoms with Crippen LogP contribution >= 0.6 is 0 Å². The van der Waals surface area contributed by atoms with Gasteiger partial charge in [0.2, 0.25) is 0 Å². The SMILES string of the molecule is Cc1cn(/C=C2\C(=O)Nc3ccc(F)cc32)c2c1C(=O)NCC2. The first-order valence-electron chi connectivity index (χ1n) is 7.36. The summed E-state index contributed by atoms with van der Waals surface area (Å²) in [5, 5.41) is 5.54. The Kier molecular flexibility index (Phi) is 2.87. The fourth-order valence-electron chi connectivity index (χ4n) is 3.20. The van der Waals surface area contributed by atoms with Crippen LogP contribution < -0.4 is 10.6 Å². The molecule has 2 aliphatic rings. The third kappa shape index (κ3) is 2.06. The van der Waals surface area contributed by atoms with Crippen LogP contribution in [0.3, 0.4) is 0 Å². The molecule has 2 aliphatic heterocycles. The molecule has 0 spiro atoms. The zero-order chi connectivity index (χ0) is 16.1. The molecule has 3 heterocycles. The van der Waals surface area contributed by atoms with Crippen LogP contribution in [0.25, 0.3) is 11.8 Å². The third-order valence-corrected chi connectivity index (χ3v) is 4.23. The minimum atomic E-state index is -0.392. The molecule has 0 saturated heterocycles.